The van der Waals surface area contributed by atoms with Crippen molar-refractivity contribution in [3.05, 3.63) is 53.9 Å². The van der Waals surface area contributed by atoms with Gasteiger partial charge in [0.1, 0.15) is 0 Å². The fraction of sp³-hybridized carbons (Fsp3) is 0.421. The first-order valence-electron chi connectivity index (χ1n) is 7.88. The zero-order valence-electron chi connectivity index (χ0n) is 12.7. The van der Waals surface area contributed by atoms with Crippen LogP contribution in [0.4, 0.5) is 0 Å². The average molecular weight is 267 g/mol. The van der Waals surface area contributed by atoms with Gasteiger partial charge >= 0.3 is 0 Å². The van der Waals surface area contributed by atoms with E-state index < -0.39 is 0 Å². The molecule has 1 aromatic heterocycles. The summed E-state index contributed by atoms with van der Waals surface area (Å²) in [5.74, 6) is 0. The van der Waals surface area contributed by atoms with Crippen molar-refractivity contribution in [2.45, 2.75) is 52.4 Å². The highest BCUT2D eigenvalue weighted by Gasteiger charge is 2.05. The zero-order valence-corrected chi connectivity index (χ0v) is 12.7. The van der Waals surface area contributed by atoms with Crippen molar-refractivity contribution >= 4 is 0 Å². The summed E-state index contributed by atoms with van der Waals surface area (Å²) in [6.45, 7) is 4.47. The van der Waals surface area contributed by atoms with Crippen LogP contribution in [0.3, 0.4) is 0 Å². The summed E-state index contributed by atoms with van der Waals surface area (Å²) in [4.78, 5) is 4.83. The Balaban J connectivity index is 2.29. The molecular formula is C19H25N. The Morgan fingerprint density at radius 1 is 0.750 bits per heavy atom. The van der Waals surface area contributed by atoms with Gasteiger partial charge in [-0.05, 0) is 48.9 Å². The highest BCUT2D eigenvalue weighted by Crippen LogP contribution is 2.22. The van der Waals surface area contributed by atoms with E-state index in [1.807, 2.05) is 0 Å². The van der Waals surface area contributed by atoms with Crippen molar-refractivity contribution in [1.82, 2.24) is 4.98 Å². The van der Waals surface area contributed by atoms with Gasteiger partial charge in [0, 0.05) is 11.4 Å². The molecule has 1 heteroatoms. The third-order valence-electron chi connectivity index (χ3n) is 3.61. The molecule has 0 bridgehead atoms. The molecule has 2 aromatic rings. The zero-order chi connectivity index (χ0) is 14.2. The number of aryl methyl sites for hydroxylation is 2. The fourth-order valence-electron chi connectivity index (χ4n) is 2.42. The third kappa shape index (κ3) is 4.19. The van der Waals surface area contributed by atoms with Gasteiger partial charge in [0.2, 0.25) is 0 Å². The summed E-state index contributed by atoms with van der Waals surface area (Å²) in [6.07, 6.45) is 7.08. The lowest BCUT2D eigenvalue weighted by Crippen LogP contribution is -1.98. The van der Waals surface area contributed by atoms with E-state index in [4.69, 9.17) is 4.98 Å². The van der Waals surface area contributed by atoms with Gasteiger partial charge < -0.3 is 0 Å². The van der Waals surface area contributed by atoms with Crippen molar-refractivity contribution in [1.29, 1.82) is 0 Å². The number of rotatable bonds is 7. The van der Waals surface area contributed by atoms with E-state index in [0.29, 0.717) is 0 Å². The molecule has 1 heterocycles. The van der Waals surface area contributed by atoms with Crippen molar-refractivity contribution in [2.24, 2.45) is 0 Å². The van der Waals surface area contributed by atoms with E-state index in [1.54, 1.807) is 0 Å². The summed E-state index contributed by atoms with van der Waals surface area (Å²) < 4.78 is 0. The molecule has 0 fully saturated rings. The first-order valence-corrected chi connectivity index (χ1v) is 7.88. The highest BCUT2D eigenvalue weighted by atomic mass is 14.7. The lowest BCUT2D eigenvalue weighted by atomic mass is 10.0. The number of pyridine rings is 1. The van der Waals surface area contributed by atoms with Crippen LogP contribution in [0.1, 0.15) is 50.9 Å². The van der Waals surface area contributed by atoms with Gasteiger partial charge in [-0.2, -0.15) is 0 Å². The first-order chi connectivity index (χ1) is 9.83. The van der Waals surface area contributed by atoms with Crippen molar-refractivity contribution in [2.75, 3.05) is 0 Å². The molecule has 1 nitrogen and oxygen atoms in total. The molecule has 0 unspecified atom stereocenters. The van der Waals surface area contributed by atoms with Crippen LogP contribution in [0.15, 0.2) is 42.5 Å². The summed E-state index contributed by atoms with van der Waals surface area (Å²) in [5, 5.41) is 0. The molecule has 2 rings (SSSR count). The Hall–Kier alpha value is -1.63. The fourth-order valence-corrected chi connectivity index (χ4v) is 2.42. The normalized spacial score (nSPS) is 10.7. The SMILES string of the molecule is CCCCc1cc(-c2ccccc2)cc(CCCC)n1. The molecule has 0 N–H and O–H groups in total. The Kier molecular flexibility index (Phi) is 5.79. The number of nitrogens with zero attached hydrogens (tertiary/aromatic N) is 1. The van der Waals surface area contributed by atoms with Crippen LogP contribution < -0.4 is 0 Å². The van der Waals surface area contributed by atoms with Crippen LogP contribution in [0.5, 0.6) is 0 Å². The van der Waals surface area contributed by atoms with Crippen LogP contribution in [-0.2, 0) is 12.8 Å². The summed E-state index contributed by atoms with van der Waals surface area (Å²) in [6, 6.07) is 15.2. The topological polar surface area (TPSA) is 12.9 Å². The maximum Gasteiger partial charge on any atom is 0.0413 e. The van der Waals surface area contributed by atoms with E-state index in [0.717, 1.165) is 12.8 Å². The summed E-state index contributed by atoms with van der Waals surface area (Å²) in [7, 11) is 0. The lowest BCUT2D eigenvalue weighted by Gasteiger charge is -2.09. The van der Waals surface area contributed by atoms with Crippen LogP contribution >= 0.6 is 0 Å². The number of aromatic nitrogens is 1. The second-order valence-corrected chi connectivity index (χ2v) is 5.41. The van der Waals surface area contributed by atoms with Gasteiger partial charge in [-0.25, -0.2) is 0 Å². The molecule has 0 radical (unpaired) electrons. The minimum absolute atomic E-state index is 1.09. The Morgan fingerprint density at radius 2 is 1.30 bits per heavy atom. The monoisotopic (exact) mass is 267 g/mol. The molecular weight excluding hydrogens is 242 g/mol. The Bertz CT molecular complexity index is 490. The van der Waals surface area contributed by atoms with Crippen LogP contribution in [-0.4, -0.2) is 4.98 Å². The van der Waals surface area contributed by atoms with Gasteiger partial charge in [-0.1, -0.05) is 57.0 Å². The lowest BCUT2D eigenvalue weighted by molar-refractivity contribution is 0.746. The van der Waals surface area contributed by atoms with Gasteiger partial charge in [-0.15, -0.1) is 0 Å². The number of hydrogen-bond acceptors (Lipinski definition) is 1. The molecule has 0 aliphatic heterocycles. The highest BCUT2D eigenvalue weighted by molar-refractivity contribution is 5.64. The predicted molar refractivity (Wildman–Crippen MR) is 86.9 cm³/mol. The molecule has 0 saturated heterocycles. The molecule has 1 aromatic carbocycles. The van der Waals surface area contributed by atoms with Gasteiger partial charge in [-0.3, -0.25) is 4.98 Å². The van der Waals surface area contributed by atoms with Crippen molar-refractivity contribution < 1.29 is 0 Å². The Morgan fingerprint density at radius 3 is 1.80 bits per heavy atom. The second kappa shape index (κ2) is 7.84. The molecule has 0 atom stereocenters. The minimum Gasteiger partial charge on any atom is -0.258 e. The number of benzene rings is 1. The molecule has 0 aliphatic carbocycles. The van der Waals surface area contributed by atoms with Crippen molar-refractivity contribution in [3.8, 4) is 11.1 Å². The average Bonchev–Trinajstić information content (AvgIpc) is 2.51. The van der Waals surface area contributed by atoms with Gasteiger partial charge in [0.15, 0.2) is 0 Å². The molecule has 0 aliphatic rings. The van der Waals surface area contributed by atoms with E-state index in [-0.39, 0.29) is 0 Å². The molecule has 20 heavy (non-hydrogen) atoms. The smallest absolute Gasteiger partial charge is 0.0413 e. The van der Waals surface area contributed by atoms with Crippen molar-refractivity contribution in [3.63, 3.8) is 0 Å². The third-order valence-corrected chi connectivity index (χ3v) is 3.61. The molecule has 0 saturated carbocycles. The number of hydrogen-bond donors (Lipinski definition) is 0. The van der Waals surface area contributed by atoms with Gasteiger partial charge in [0.05, 0.1) is 0 Å². The quantitative estimate of drug-likeness (QED) is 0.651. The summed E-state index contributed by atoms with van der Waals surface area (Å²) in [5.41, 5.74) is 5.11. The van der Waals surface area contributed by atoms with Gasteiger partial charge in [0.25, 0.3) is 0 Å². The summed E-state index contributed by atoms with van der Waals surface area (Å²) >= 11 is 0. The van der Waals surface area contributed by atoms with E-state index in [2.05, 4.69) is 56.3 Å². The maximum absolute atomic E-state index is 4.83. The van der Waals surface area contributed by atoms with E-state index in [9.17, 15) is 0 Å². The largest absolute Gasteiger partial charge is 0.258 e. The molecule has 0 amide bonds. The van der Waals surface area contributed by atoms with E-state index in [1.165, 1.54) is 48.2 Å². The first kappa shape index (κ1) is 14.8. The maximum atomic E-state index is 4.83. The predicted octanol–water partition coefficient (Wildman–Crippen LogP) is 5.43. The second-order valence-electron chi connectivity index (χ2n) is 5.41. The standard InChI is InChI=1S/C19H25N/c1-3-5-12-18-14-17(16-10-8-7-9-11-16)15-19(20-18)13-6-4-2/h7-11,14-15H,3-6,12-13H2,1-2H3. The molecule has 0 spiro atoms. The van der Waals surface area contributed by atoms with Crippen LogP contribution in [0.25, 0.3) is 11.1 Å². The van der Waals surface area contributed by atoms with Crippen LogP contribution in [0, 0.1) is 0 Å². The minimum atomic E-state index is 1.09. The molecule has 106 valence electrons. The Labute approximate surface area is 123 Å². The van der Waals surface area contributed by atoms with Crippen LogP contribution in [0.2, 0.25) is 0 Å². The van der Waals surface area contributed by atoms with E-state index >= 15 is 0 Å². The number of unbranched alkanes of at least 4 members (excludes halogenated alkanes) is 2.